The normalized spacial score (nSPS) is 13.8. The van der Waals surface area contributed by atoms with E-state index >= 15 is 0 Å². The predicted molar refractivity (Wildman–Crippen MR) is 128 cm³/mol. The highest BCUT2D eigenvalue weighted by Crippen LogP contribution is 2.40. The first kappa shape index (κ1) is 23.5. The van der Waals surface area contributed by atoms with Gasteiger partial charge in [0.1, 0.15) is 11.6 Å². The van der Waals surface area contributed by atoms with Crippen LogP contribution in [0.3, 0.4) is 0 Å². The molecule has 3 rings (SSSR count). The second-order valence-corrected chi connectivity index (χ2v) is 10.6. The molecule has 0 aromatic heterocycles. The summed E-state index contributed by atoms with van der Waals surface area (Å²) in [6.07, 6.45) is 0. The van der Waals surface area contributed by atoms with Gasteiger partial charge < -0.3 is 15.3 Å². The Bertz CT molecular complexity index is 1070. The third kappa shape index (κ3) is 4.69. The number of phenolic OH excluding ortho intramolecular Hbond substituents is 1. The maximum absolute atomic E-state index is 13.3. The van der Waals surface area contributed by atoms with Gasteiger partial charge in [-0.25, -0.2) is 0 Å². The number of anilines is 1. The van der Waals surface area contributed by atoms with E-state index < -0.39 is 0 Å². The summed E-state index contributed by atoms with van der Waals surface area (Å²) in [7, 11) is 0. The van der Waals surface area contributed by atoms with Crippen molar-refractivity contribution in [1.82, 2.24) is 4.90 Å². The molecule has 0 spiro atoms. The van der Waals surface area contributed by atoms with E-state index in [-0.39, 0.29) is 34.8 Å². The number of ketones is 1. The second kappa shape index (κ2) is 8.08. The zero-order valence-electron chi connectivity index (χ0n) is 20.0. The van der Waals surface area contributed by atoms with Crippen LogP contribution in [-0.2, 0) is 22.2 Å². The van der Waals surface area contributed by atoms with Crippen LogP contribution in [0.25, 0.3) is 0 Å². The van der Waals surface area contributed by atoms with Crippen LogP contribution in [0.2, 0.25) is 0 Å². The van der Waals surface area contributed by atoms with Gasteiger partial charge in [0.15, 0.2) is 5.78 Å². The van der Waals surface area contributed by atoms with Gasteiger partial charge in [0, 0.05) is 41.4 Å². The molecule has 1 amide bonds. The molecule has 2 aromatic carbocycles. The zero-order chi connectivity index (χ0) is 24.0. The zero-order valence-corrected chi connectivity index (χ0v) is 20.0. The Morgan fingerprint density at radius 1 is 1.03 bits per heavy atom. The molecule has 0 unspecified atom stereocenters. The summed E-state index contributed by atoms with van der Waals surface area (Å²) in [4.78, 5) is 26.4. The minimum absolute atomic E-state index is 0.0704. The highest BCUT2D eigenvalue weighted by atomic mass is 16.3. The van der Waals surface area contributed by atoms with E-state index in [0.717, 1.165) is 22.3 Å². The number of benzene rings is 2. The summed E-state index contributed by atoms with van der Waals surface area (Å²) in [5, 5.41) is 22.2. The molecule has 0 saturated heterocycles. The number of Topliss-reactive ketones (excluding diaryl/α,β-unsaturated/α-hetero) is 1. The van der Waals surface area contributed by atoms with Gasteiger partial charge >= 0.3 is 0 Å². The Hall–Kier alpha value is -3.15. The fraction of sp³-hybridized carbons (Fsp3) is 0.423. The number of amides is 1. The molecule has 2 aromatic rings. The van der Waals surface area contributed by atoms with Crippen molar-refractivity contribution in [2.75, 3.05) is 11.9 Å². The number of hydrogen-bond donors (Lipinski definition) is 3. The Morgan fingerprint density at radius 3 is 2.09 bits per heavy atom. The summed E-state index contributed by atoms with van der Waals surface area (Å²) in [6, 6.07) is 9.00. The largest absolute Gasteiger partial charge is 0.507 e. The van der Waals surface area contributed by atoms with Crippen molar-refractivity contribution in [2.45, 2.75) is 65.8 Å². The van der Waals surface area contributed by atoms with Crippen molar-refractivity contribution >= 4 is 23.2 Å². The number of rotatable bonds is 4. The molecule has 1 heterocycles. The Kier molecular flexibility index (Phi) is 5.94. The third-order valence-corrected chi connectivity index (χ3v) is 5.74. The topological polar surface area (TPSA) is 93.5 Å². The predicted octanol–water partition coefficient (Wildman–Crippen LogP) is 4.97. The maximum Gasteiger partial charge on any atom is 0.221 e. The lowest BCUT2D eigenvalue weighted by Crippen LogP contribution is -2.30. The number of carbonyl (C=O) groups excluding carboxylic acids is 2. The number of phenols is 1. The Labute approximate surface area is 190 Å². The van der Waals surface area contributed by atoms with Crippen LogP contribution in [0, 0.1) is 5.41 Å². The Balaban J connectivity index is 1.90. The highest BCUT2D eigenvalue weighted by Gasteiger charge is 2.30. The summed E-state index contributed by atoms with van der Waals surface area (Å²) in [5.74, 6) is 0.296. The number of aromatic hydroxyl groups is 1. The molecule has 0 aliphatic carbocycles. The van der Waals surface area contributed by atoms with Gasteiger partial charge in [-0.1, -0.05) is 41.5 Å². The smallest absolute Gasteiger partial charge is 0.221 e. The number of nitrogens with one attached hydrogen (secondary N) is 2. The molecule has 1 aliphatic heterocycles. The third-order valence-electron chi connectivity index (χ3n) is 5.74. The van der Waals surface area contributed by atoms with E-state index in [2.05, 4.69) is 5.32 Å². The first-order valence-electron chi connectivity index (χ1n) is 10.8. The highest BCUT2D eigenvalue weighted by molar-refractivity contribution is 6.06. The standard InChI is InChI=1S/C26H33N3O3/c1-15(30)28-18-8-9-19-17(10-18)13-29(24(19)27)14-22(31)16-11-20(25(2,3)4)23(32)21(12-16)26(5,6)7/h8-12,27,32H,13-14H2,1-7H3,(H,28,30). The molecule has 3 N–H and O–H groups in total. The second-order valence-electron chi connectivity index (χ2n) is 10.6. The molecule has 6 nitrogen and oxygen atoms in total. The Morgan fingerprint density at radius 2 is 1.59 bits per heavy atom. The van der Waals surface area contributed by atoms with Crippen molar-refractivity contribution in [3.63, 3.8) is 0 Å². The molecular weight excluding hydrogens is 402 g/mol. The average molecular weight is 436 g/mol. The molecule has 0 fully saturated rings. The van der Waals surface area contributed by atoms with E-state index in [1.807, 2.05) is 53.7 Å². The maximum atomic E-state index is 13.3. The van der Waals surface area contributed by atoms with Crippen LogP contribution >= 0.6 is 0 Å². The fourth-order valence-electron chi connectivity index (χ4n) is 4.03. The minimum atomic E-state index is -0.322. The van der Waals surface area contributed by atoms with Crippen molar-refractivity contribution in [3.8, 4) is 5.75 Å². The van der Waals surface area contributed by atoms with Crippen LogP contribution in [0.1, 0.15) is 81.1 Å². The quantitative estimate of drug-likeness (QED) is 0.591. The summed E-state index contributed by atoms with van der Waals surface area (Å²) in [6.45, 7) is 14.1. The van der Waals surface area contributed by atoms with Crippen LogP contribution in [0.15, 0.2) is 30.3 Å². The number of nitrogens with zero attached hydrogens (tertiary/aromatic N) is 1. The van der Waals surface area contributed by atoms with E-state index in [4.69, 9.17) is 5.41 Å². The average Bonchev–Trinajstić information content (AvgIpc) is 2.94. The number of fused-ring (bicyclic) bond motifs is 1. The van der Waals surface area contributed by atoms with Crippen LogP contribution in [0.4, 0.5) is 5.69 Å². The van der Waals surface area contributed by atoms with Gasteiger partial charge in [0.25, 0.3) is 0 Å². The lowest BCUT2D eigenvalue weighted by molar-refractivity contribution is -0.114. The fourth-order valence-corrected chi connectivity index (χ4v) is 4.03. The van der Waals surface area contributed by atoms with Crippen LogP contribution in [0.5, 0.6) is 5.75 Å². The lowest BCUT2D eigenvalue weighted by atomic mass is 9.78. The summed E-state index contributed by atoms with van der Waals surface area (Å²) < 4.78 is 0. The van der Waals surface area contributed by atoms with E-state index in [9.17, 15) is 14.7 Å². The van der Waals surface area contributed by atoms with E-state index in [0.29, 0.717) is 23.6 Å². The van der Waals surface area contributed by atoms with Gasteiger partial charge in [0.2, 0.25) is 5.91 Å². The molecule has 0 radical (unpaired) electrons. The monoisotopic (exact) mass is 435 g/mol. The van der Waals surface area contributed by atoms with E-state index in [1.165, 1.54) is 6.92 Å². The van der Waals surface area contributed by atoms with Gasteiger partial charge in [-0.3, -0.25) is 15.0 Å². The minimum Gasteiger partial charge on any atom is -0.507 e. The van der Waals surface area contributed by atoms with Gasteiger partial charge in [-0.15, -0.1) is 0 Å². The van der Waals surface area contributed by atoms with E-state index in [1.54, 1.807) is 23.1 Å². The van der Waals surface area contributed by atoms with Crippen LogP contribution < -0.4 is 5.32 Å². The number of carbonyl (C=O) groups is 2. The number of amidine groups is 1. The number of hydrogen-bond acceptors (Lipinski definition) is 4. The molecule has 0 bridgehead atoms. The first-order chi connectivity index (χ1) is 14.7. The lowest BCUT2D eigenvalue weighted by Gasteiger charge is -2.28. The SMILES string of the molecule is CC(=O)Nc1ccc2c(c1)CN(CC(=O)c1cc(C(C)(C)C)c(O)c(C(C)(C)C)c1)C2=N. The van der Waals surface area contributed by atoms with Gasteiger partial charge in [-0.2, -0.15) is 0 Å². The van der Waals surface area contributed by atoms with Crippen LogP contribution in [-0.4, -0.2) is 34.1 Å². The molecular formula is C26H33N3O3. The molecule has 6 heteroatoms. The molecule has 32 heavy (non-hydrogen) atoms. The molecule has 1 aliphatic rings. The van der Waals surface area contributed by atoms with Crippen molar-refractivity contribution in [1.29, 1.82) is 5.41 Å². The van der Waals surface area contributed by atoms with Crippen molar-refractivity contribution in [3.05, 3.63) is 58.1 Å². The summed E-state index contributed by atoms with van der Waals surface area (Å²) in [5.41, 5.74) is 3.74. The molecule has 0 atom stereocenters. The molecule has 0 saturated carbocycles. The van der Waals surface area contributed by atoms with Crippen molar-refractivity contribution < 1.29 is 14.7 Å². The molecule has 170 valence electrons. The first-order valence-corrected chi connectivity index (χ1v) is 10.8. The van der Waals surface area contributed by atoms with Crippen molar-refractivity contribution in [2.24, 2.45) is 0 Å². The summed E-state index contributed by atoms with van der Waals surface area (Å²) >= 11 is 0. The van der Waals surface area contributed by atoms with Gasteiger partial charge in [0.05, 0.1) is 6.54 Å². The van der Waals surface area contributed by atoms with Gasteiger partial charge in [-0.05, 0) is 46.7 Å².